The Morgan fingerprint density at radius 2 is 1.67 bits per heavy atom. The van der Waals surface area contributed by atoms with Gasteiger partial charge in [0.15, 0.2) is 6.10 Å². The van der Waals surface area contributed by atoms with Crippen molar-refractivity contribution in [2.24, 2.45) is 0 Å². The molecule has 0 saturated carbocycles. The molecule has 27 heavy (non-hydrogen) atoms. The van der Waals surface area contributed by atoms with E-state index >= 15 is 0 Å². The monoisotopic (exact) mass is 403 g/mol. The van der Waals surface area contributed by atoms with Gasteiger partial charge in [-0.15, -0.1) is 0 Å². The highest BCUT2D eigenvalue weighted by Crippen LogP contribution is 2.08. The Morgan fingerprint density at radius 3 is 2.07 bits per heavy atom. The quantitative estimate of drug-likeness (QED) is 0.385. The fraction of sp³-hybridized carbons (Fsp3) is 0.556. The number of rotatable bonds is 7. The summed E-state index contributed by atoms with van der Waals surface area (Å²) in [6.07, 6.45) is -0.559. The molecule has 154 valence electrons. The lowest BCUT2D eigenvalue weighted by molar-refractivity contribution is -0.870. The van der Waals surface area contributed by atoms with Crippen LogP contribution < -0.4 is 0 Å². The van der Waals surface area contributed by atoms with Gasteiger partial charge in [0.05, 0.1) is 26.0 Å². The normalized spacial score (nSPS) is 12.4. The van der Waals surface area contributed by atoms with Crippen molar-refractivity contribution in [3.8, 4) is 0 Å². The van der Waals surface area contributed by atoms with Crippen molar-refractivity contribution < 1.29 is 36.5 Å². The zero-order chi connectivity index (χ0) is 21.3. The molecule has 0 aromatic heterocycles. The molecule has 1 unspecified atom stereocenters. The fourth-order valence-electron chi connectivity index (χ4n) is 1.57. The van der Waals surface area contributed by atoms with Crippen LogP contribution in [0.15, 0.2) is 29.2 Å². The zero-order valence-corrected chi connectivity index (χ0v) is 17.5. The molecule has 1 aromatic rings. The van der Waals surface area contributed by atoms with Crippen molar-refractivity contribution in [2.75, 3.05) is 34.3 Å². The van der Waals surface area contributed by atoms with Gasteiger partial charge in [-0.05, 0) is 26.0 Å². The van der Waals surface area contributed by atoms with Crippen LogP contribution in [-0.2, 0) is 29.2 Å². The summed E-state index contributed by atoms with van der Waals surface area (Å²) in [5, 5.41) is 0. The van der Waals surface area contributed by atoms with Gasteiger partial charge in [0.1, 0.15) is 23.3 Å². The maximum atomic E-state index is 11.4. The van der Waals surface area contributed by atoms with E-state index in [-0.39, 0.29) is 11.3 Å². The molecule has 1 rings (SSSR count). The van der Waals surface area contributed by atoms with Crippen LogP contribution in [-0.4, -0.2) is 69.8 Å². The number of benzene rings is 1. The van der Waals surface area contributed by atoms with E-state index in [4.69, 9.17) is 9.47 Å². The summed E-state index contributed by atoms with van der Waals surface area (Å²) < 4.78 is 41.7. The smallest absolute Gasteiger partial charge is 0.347 e. The summed E-state index contributed by atoms with van der Waals surface area (Å²) in [6, 6.07) is 5.78. The molecule has 0 amide bonds. The molecule has 0 aliphatic heterocycles. The van der Waals surface area contributed by atoms with Gasteiger partial charge in [0.2, 0.25) is 0 Å². The highest BCUT2D eigenvalue weighted by molar-refractivity contribution is 7.85. The summed E-state index contributed by atoms with van der Waals surface area (Å²) in [4.78, 5) is 22.1. The Bertz CT molecular complexity index is 706. The Hall–Kier alpha value is -1.97. The molecular weight excluding hydrogens is 374 g/mol. The van der Waals surface area contributed by atoms with Gasteiger partial charge in [-0.25, -0.2) is 13.2 Å². The number of carbonyl (C=O) groups is 2. The molecule has 8 nitrogen and oxygen atoms in total. The van der Waals surface area contributed by atoms with Gasteiger partial charge >= 0.3 is 11.9 Å². The van der Waals surface area contributed by atoms with E-state index in [0.717, 1.165) is 16.6 Å². The molecule has 0 N–H and O–H groups in total. The van der Waals surface area contributed by atoms with Crippen LogP contribution in [0.5, 0.6) is 0 Å². The van der Waals surface area contributed by atoms with Gasteiger partial charge in [-0.2, -0.15) is 0 Å². The first-order valence-electron chi connectivity index (χ1n) is 8.45. The summed E-state index contributed by atoms with van der Waals surface area (Å²) in [5.41, 5.74) is 0.928. The first-order valence-corrected chi connectivity index (χ1v) is 9.86. The molecular formula is C18H29NO7S. The number of ether oxygens (including phenoxy) is 2. The predicted octanol–water partition coefficient (Wildman–Crippen LogP) is 1.48. The minimum absolute atomic E-state index is 0.178. The third kappa shape index (κ3) is 12.1. The standard InChI is InChI=1S/C11H22NO4.C7H8O3S/c1-6-10(13)16-9(2)11(14)15-8-7-12(3,4)5;1-6-2-4-7(5-3-6)11(8,9)10/h9H,6-8H2,1-5H3;2-5H,1H3,(H,8,9,10)/q+1;/p-1. The Labute approximate surface area is 161 Å². The lowest BCUT2D eigenvalue weighted by atomic mass is 10.2. The van der Waals surface area contributed by atoms with Crippen molar-refractivity contribution in [3.05, 3.63) is 29.8 Å². The number of nitrogens with zero attached hydrogens (tertiary/aromatic N) is 1. The highest BCUT2D eigenvalue weighted by Gasteiger charge is 2.19. The predicted molar refractivity (Wildman–Crippen MR) is 98.8 cm³/mol. The number of hydrogen-bond acceptors (Lipinski definition) is 7. The van der Waals surface area contributed by atoms with Crippen molar-refractivity contribution in [1.29, 1.82) is 0 Å². The first-order chi connectivity index (χ1) is 12.3. The van der Waals surface area contributed by atoms with Crippen molar-refractivity contribution in [3.63, 3.8) is 0 Å². The average Bonchev–Trinajstić information content (AvgIpc) is 2.53. The second kappa shape index (κ2) is 11.0. The number of quaternary nitrogens is 1. The van der Waals surface area contributed by atoms with Crippen LogP contribution in [0.4, 0.5) is 0 Å². The van der Waals surface area contributed by atoms with Crippen LogP contribution in [0.2, 0.25) is 0 Å². The molecule has 1 atom stereocenters. The van der Waals surface area contributed by atoms with Crippen LogP contribution in [0.25, 0.3) is 0 Å². The lowest BCUT2D eigenvalue weighted by Gasteiger charge is -2.23. The minimum atomic E-state index is -4.27. The van der Waals surface area contributed by atoms with E-state index in [2.05, 4.69) is 0 Å². The van der Waals surface area contributed by atoms with E-state index < -0.39 is 28.2 Å². The lowest BCUT2D eigenvalue weighted by Crippen LogP contribution is -2.38. The second-order valence-electron chi connectivity index (χ2n) is 6.93. The summed E-state index contributed by atoms with van der Waals surface area (Å²) in [5.74, 6) is -0.883. The third-order valence-corrected chi connectivity index (χ3v) is 4.09. The Balaban J connectivity index is 0.000000533. The third-order valence-electron chi connectivity index (χ3n) is 3.24. The molecule has 0 fully saturated rings. The molecule has 9 heteroatoms. The van der Waals surface area contributed by atoms with Crippen LogP contribution >= 0.6 is 0 Å². The van der Waals surface area contributed by atoms with Gasteiger partial charge < -0.3 is 18.5 Å². The average molecular weight is 403 g/mol. The fourth-order valence-corrected chi connectivity index (χ4v) is 2.04. The SMILES string of the molecule is CCC(=O)OC(C)C(=O)OCC[N+](C)(C)C.Cc1ccc(S(=O)(=O)[O-])cc1. The largest absolute Gasteiger partial charge is 0.744 e. The zero-order valence-electron chi connectivity index (χ0n) is 16.7. The number of esters is 2. The molecule has 0 aliphatic carbocycles. The molecule has 1 aromatic carbocycles. The van der Waals surface area contributed by atoms with E-state index in [1.54, 1.807) is 19.1 Å². The number of carbonyl (C=O) groups excluding carboxylic acids is 2. The van der Waals surface area contributed by atoms with Gasteiger partial charge in [0.25, 0.3) is 0 Å². The van der Waals surface area contributed by atoms with Gasteiger partial charge in [-0.1, -0.05) is 24.6 Å². The molecule has 0 radical (unpaired) electrons. The van der Waals surface area contributed by atoms with Gasteiger partial charge in [0, 0.05) is 6.42 Å². The van der Waals surface area contributed by atoms with Crippen molar-refractivity contribution in [1.82, 2.24) is 0 Å². The molecule has 0 aliphatic rings. The minimum Gasteiger partial charge on any atom is -0.744 e. The maximum absolute atomic E-state index is 11.4. The molecule has 0 bridgehead atoms. The number of likely N-dealkylation sites (N-methyl/N-ethyl adjacent to an activating group) is 1. The number of hydrogen-bond donors (Lipinski definition) is 0. The van der Waals surface area contributed by atoms with E-state index in [9.17, 15) is 22.6 Å². The van der Waals surface area contributed by atoms with Crippen LogP contribution in [0.3, 0.4) is 0 Å². The second-order valence-corrected chi connectivity index (χ2v) is 8.31. The van der Waals surface area contributed by atoms with Gasteiger partial charge in [-0.3, -0.25) is 4.79 Å². The molecule has 0 saturated heterocycles. The van der Waals surface area contributed by atoms with Crippen LogP contribution in [0, 0.1) is 6.92 Å². The van der Waals surface area contributed by atoms with E-state index in [0.29, 0.717) is 6.61 Å². The summed E-state index contributed by atoms with van der Waals surface area (Å²) >= 11 is 0. The van der Waals surface area contributed by atoms with Crippen molar-refractivity contribution >= 4 is 22.1 Å². The molecule has 0 heterocycles. The Kier molecular flexibility index (Phi) is 10.2. The first kappa shape index (κ1) is 25.0. The highest BCUT2D eigenvalue weighted by atomic mass is 32.2. The van der Waals surface area contributed by atoms with Crippen molar-refractivity contribution in [2.45, 2.75) is 38.2 Å². The van der Waals surface area contributed by atoms with Crippen LogP contribution in [0.1, 0.15) is 25.8 Å². The Morgan fingerprint density at radius 1 is 1.15 bits per heavy atom. The topological polar surface area (TPSA) is 110 Å². The maximum Gasteiger partial charge on any atom is 0.347 e. The van der Waals surface area contributed by atoms with E-state index in [1.807, 2.05) is 28.1 Å². The molecule has 0 spiro atoms. The summed E-state index contributed by atoms with van der Waals surface area (Å²) in [7, 11) is 1.76. The summed E-state index contributed by atoms with van der Waals surface area (Å²) in [6.45, 7) is 6.07. The number of aryl methyl sites for hydroxylation is 1. The van der Waals surface area contributed by atoms with E-state index in [1.165, 1.54) is 19.1 Å².